The second kappa shape index (κ2) is 11.1. The molecule has 4 rings (SSSR count). The molecule has 7 nitrogen and oxygen atoms in total. The van der Waals surface area contributed by atoms with E-state index in [2.05, 4.69) is 36.3 Å². The normalized spacial score (nSPS) is 19.5. The number of carbonyl (C=O) groups is 1. The summed E-state index contributed by atoms with van der Waals surface area (Å²) in [6, 6.07) is 15.8. The molecule has 1 unspecified atom stereocenters. The predicted molar refractivity (Wildman–Crippen MR) is 141 cm³/mol. The number of hydrogen-bond acceptors (Lipinski definition) is 5. The molecule has 3 aromatic rings. The van der Waals surface area contributed by atoms with E-state index in [-0.39, 0.29) is 17.5 Å². The van der Waals surface area contributed by atoms with Gasteiger partial charge in [0.15, 0.2) is 0 Å². The van der Waals surface area contributed by atoms with Gasteiger partial charge in [-0.25, -0.2) is 4.98 Å². The molecule has 1 aromatic heterocycles. The molecule has 1 aliphatic heterocycles. The largest absolute Gasteiger partial charge is 0.348 e. The lowest BCUT2D eigenvalue weighted by atomic mass is 10.0. The molecule has 0 radical (unpaired) electrons. The third-order valence-electron chi connectivity index (χ3n) is 6.75. The molecule has 0 bridgehead atoms. The third kappa shape index (κ3) is 5.63. The highest BCUT2D eigenvalue weighted by atomic mass is 16.1. The van der Waals surface area contributed by atoms with Gasteiger partial charge in [-0.1, -0.05) is 43.7 Å². The van der Waals surface area contributed by atoms with Crippen molar-refractivity contribution in [1.82, 2.24) is 25.1 Å². The third-order valence-corrected chi connectivity index (χ3v) is 6.75. The number of amides is 1. The molecule has 1 fully saturated rings. The van der Waals surface area contributed by atoms with Crippen LogP contribution in [-0.4, -0.2) is 45.5 Å². The van der Waals surface area contributed by atoms with Crippen LogP contribution >= 0.6 is 0 Å². The van der Waals surface area contributed by atoms with Gasteiger partial charge in [0.2, 0.25) is 0 Å². The Bertz CT molecular complexity index is 1210. The summed E-state index contributed by atoms with van der Waals surface area (Å²) in [4.78, 5) is 33.9. The Hall–Kier alpha value is -3.03. The van der Waals surface area contributed by atoms with Crippen LogP contribution in [-0.2, 0) is 13.1 Å². The molecule has 1 amide bonds. The SMILES string of the molecule is CCCC(c1nc2cc(C(=O)NCc3ccccc3)ccc2c(=O)n1CC)N1C[C@@H](C)N[C@@H](C)C1. The fraction of sp³-hybridized carbons (Fsp3) is 0.464. The maximum Gasteiger partial charge on any atom is 0.261 e. The minimum Gasteiger partial charge on any atom is -0.348 e. The van der Waals surface area contributed by atoms with Crippen molar-refractivity contribution in [1.29, 1.82) is 0 Å². The van der Waals surface area contributed by atoms with Gasteiger partial charge < -0.3 is 10.6 Å². The Morgan fingerprint density at radius 1 is 1.11 bits per heavy atom. The fourth-order valence-corrected chi connectivity index (χ4v) is 5.19. The van der Waals surface area contributed by atoms with Crippen molar-refractivity contribution in [3.05, 3.63) is 75.8 Å². The van der Waals surface area contributed by atoms with E-state index in [9.17, 15) is 9.59 Å². The molecule has 2 N–H and O–H groups in total. The van der Waals surface area contributed by atoms with Crippen molar-refractivity contribution in [2.75, 3.05) is 13.1 Å². The summed E-state index contributed by atoms with van der Waals surface area (Å²) < 4.78 is 1.81. The summed E-state index contributed by atoms with van der Waals surface area (Å²) in [6.45, 7) is 11.4. The van der Waals surface area contributed by atoms with Crippen molar-refractivity contribution in [3.63, 3.8) is 0 Å². The minimum atomic E-state index is -0.173. The van der Waals surface area contributed by atoms with Crippen LogP contribution in [0.3, 0.4) is 0 Å². The number of rotatable bonds is 8. The lowest BCUT2D eigenvalue weighted by Crippen LogP contribution is -2.55. The number of nitrogens with one attached hydrogen (secondary N) is 2. The number of hydrogen-bond donors (Lipinski definition) is 2. The van der Waals surface area contributed by atoms with Crippen molar-refractivity contribution < 1.29 is 4.79 Å². The summed E-state index contributed by atoms with van der Waals surface area (Å²) in [6.07, 6.45) is 1.92. The van der Waals surface area contributed by atoms with Crippen LogP contribution in [0.5, 0.6) is 0 Å². The maximum atomic E-state index is 13.5. The Kier molecular flexibility index (Phi) is 7.98. The Morgan fingerprint density at radius 2 is 1.83 bits per heavy atom. The van der Waals surface area contributed by atoms with E-state index in [1.807, 2.05) is 41.8 Å². The fourth-order valence-electron chi connectivity index (χ4n) is 5.19. The van der Waals surface area contributed by atoms with Crippen molar-refractivity contribution in [2.24, 2.45) is 0 Å². The number of benzene rings is 2. The van der Waals surface area contributed by atoms with Crippen molar-refractivity contribution >= 4 is 16.8 Å². The molecule has 2 aromatic carbocycles. The van der Waals surface area contributed by atoms with Crippen molar-refractivity contribution in [2.45, 2.75) is 71.8 Å². The molecule has 1 aliphatic rings. The predicted octanol–water partition coefficient (Wildman–Crippen LogP) is 3.87. The van der Waals surface area contributed by atoms with E-state index in [1.165, 1.54) is 0 Å². The number of fused-ring (bicyclic) bond motifs is 1. The van der Waals surface area contributed by atoms with Gasteiger partial charge in [-0.05, 0) is 51.0 Å². The second-order valence-electron chi connectivity index (χ2n) is 9.65. The maximum absolute atomic E-state index is 13.5. The van der Waals surface area contributed by atoms with Crippen LogP contribution in [0.4, 0.5) is 0 Å². The first-order chi connectivity index (χ1) is 16.9. The van der Waals surface area contributed by atoms with Gasteiger partial charge in [0.05, 0.1) is 16.9 Å². The summed E-state index contributed by atoms with van der Waals surface area (Å²) in [5.41, 5.74) is 2.09. The van der Waals surface area contributed by atoms with Gasteiger partial charge in [0, 0.05) is 43.8 Å². The molecule has 35 heavy (non-hydrogen) atoms. The zero-order chi connectivity index (χ0) is 24.9. The summed E-state index contributed by atoms with van der Waals surface area (Å²) in [5, 5.41) is 7.12. The second-order valence-corrected chi connectivity index (χ2v) is 9.65. The lowest BCUT2D eigenvalue weighted by Gasteiger charge is -2.41. The van der Waals surface area contributed by atoms with Gasteiger partial charge in [0.25, 0.3) is 11.5 Å². The van der Waals surface area contributed by atoms with Crippen LogP contribution < -0.4 is 16.2 Å². The van der Waals surface area contributed by atoms with E-state index < -0.39 is 0 Å². The Labute approximate surface area is 207 Å². The summed E-state index contributed by atoms with van der Waals surface area (Å²) >= 11 is 0. The van der Waals surface area contributed by atoms with E-state index in [4.69, 9.17) is 4.98 Å². The van der Waals surface area contributed by atoms with Crippen LogP contribution in [0.15, 0.2) is 53.3 Å². The van der Waals surface area contributed by atoms with Crippen LogP contribution in [0.2, 0.25) is 0 Å². The minimum absolute atomic E-state index is 0.0407. The molecule has 1 saturated heterocycles. The molecular weight excluding hydrogens is 438 g/mol. The molecular formula is C28H37N5O2. The molecule has 0 aliphatic carbocycles. The number of nitrogens with zero attached hydrogens (tertiary/aromatic N) is 3. The van der Waals surface area contributed by atoms with Crippen LogP contribution in [0, 0.1) is 0 Å². The molecule has 186 valence electrons. The van der Waals surface area contributed by atoms with Crippen molar-refractivity contribution in [3.8, 4) is 0 Å². The van der Waals surface area contributed by atoms with Gasteiger partial charge in [-0.3, -0.25) is 19.1 Å². The highest BCUT2D eigenvalue weighted by Gasteiger charge is 2.30. The average molecular weight is 476 g/mol. The first-order valence-electron chi connectivity index (χ1n) is 12.8. The summed E-state index contributed by atoms with van der Waals surface area (Å²) in [7, 11) is 0. The molecule has 7 heteroatoms. The first-order valence-corrected chi connectivity index (χ1v) is 12.8. The molecule has 3 atom stereocenters. The Morgan fingerprint density at radius 3 is 2.49 bits per heavy atom. The van der Waals surface area contributed by atoms with E-state index in [0.717, 1.165) is 37.3 Å². The van der Waals surface area contributed by atoms with Gasteiger partial charge in [0.1, 0.15) is 5.82 Å². The zero-order valence-electron chi connectivity index (χ0n) is 21.3. The van der Waals surface area contributed by atoms with Gasteiger partial charge in [-0.15, -0.1) is 0 Å². The Balaban J connectivity index is 1.69. The average Bonchev–Trinajstić information content (AvgIpc) is 2.85. The number of carbonyl (C=O) groups excluding carboxylic acids is 1. The molecule has 0 saturated carbocycles. The number of piperazine rings is 1. The van der Waals surface area contributed by atoms with Gasteiger partial charge >= 0.3 is 0 Å². The zero-order valence-corrected chi connectivity index (χ0v) is 21.3. The molecule has 0 spiro atoms. The smallest absolute Gasteiger partial charge is 0.261 e. The van der Waals surface area contributed by atoms with E-state index >= 15 is 0 Å². The van der Waals surface area contributed by atoms with E-state index in [0.29, 0.717) is 41.6 Å². The summed E-state index contributed by atoms with van der Waals surface area (Å²) in [5.74, 6) is 0.628. The topological polar surface area (TPSA) is 79.3 Å². The van der Waals surface area contributed by atoms with E-state index in [1.54, 1.807) is 18.2 Å². The lowest BCUT2D eigenvalue weighted by molar-refractivity contribution is 0.0951. The monoisotopic (exact) mass is 475 g/mol. The standard InChI is InChI=1S/C28H37N5O2/c1-5-10-25(32-17-19(3)30-20(4)18-32)26-31-24-15-22(13-14-23(24)28(35)33(26)6-2)27(34)29-16-21-11-8-7-9-12-21/h7-9,11-15,19-20,25,30H,5-6,10,16-18H2,1-4H3,(H,29,34)/t19-,20+,25?. The van der Waals surface area contributed by atoms with Gasteiger partial charge in [-0.2, -0.15) is 0 Å². The van der Waals surface area contributed by atoms with Crippen LogP contribution in [0.25, 0.3) is 10.9 Å². The number of aromatic nitrogens is 2. The highest BCUT2D eigenvalue weighted by molar-refractivity contribution is 5.97. The highest BCUT2D eigenvalue weighted by Crippen LogP contribution is 2.27. The quantitative estimate of drug-likeness (QED) is 0.517. The van der Waals surface area contributed by atoms with Crippen LogP contribution in [0.1, 0.15) is 68.3 Å². The first kappa shape index (κ1) is 25.1. The molecule has 2 heterocycles.